The monoisotopic (exact) mass is 322 g/mol. The molecule has 7 nitrogen and oxygen atoms in total. The first-order valence-electron chi connectivity index (χ1n) is 7.15. The quantitative estimate of drug-likeness (QED) is 0.912. The fourth-order valence-electron chi connectivity index (χ4n) is 2.92. The number of benzene rings is 1. The van der Waals surface area contributed by atoms with Gasteiger partial charge in [0.25, 0.3) is 0 Å². The van der Waals surface area contributed by atoms with Crippen LogP contribution in [0, 0.1) is 5.82 Å². The predicted octanol–water partition coefficient (Wildman–Crippen LogP) is 1.53. The summed E-state index contributed by atoms with van der Waals surface area (Å²) in [7, 11) is 0. The van der Waals surface area contributed by atoms with Crippen molar-refractivity contribution >= 4 is 29.3 Å². The van der Waals surface area contributed by atoms with E-state index in [0.29, 0.717) is 5.56 Å². The van der Waals surface area contributed by atoms with E-state index < -0.39 is 24.0 Å². The van der Waals surface area contributed by atoms with Crippen molar-refractivity contribution in [3.05, 3.63) is 23.5 Å². The van der Waals surface area contributed by atoms with Gasteiger partial charge in [-0.25, -0.2) is 14.0 Å². The summed E-state index contributed by atoms with van der Waals surface area (Å²) in [6, 6.07) is 2.47. The number of halogens is 1. The first-order valence-corrected chi connectivity index (χ1v) is 7.15. The van der Waals surface area contributed by atoms with Gasteiger partial charge in [0.15, 0.2) is 0 Å². The highest BCUT2D eigenvalue weighted by molar-refractivity contribution is 6.03. The molecule has 1 saturated heterocycles. The molecule has 0 aliphatic carbocycles. The molecule has 0 spiro atoms. The number of cyclic esters (lactones) is 1. The van der Waals surface area contributed by atoms with E-state index in [1.54, 1.807) is 13.8 Å². The Kier molecular flexibility index (Phi) is 3.46. The third kappa shape index (κ3) is 2.39. The molecule has 122 valence electrons. The summed E-state index contributed by atoms with van der Waals surface area (Å²) in [6.07, 6.45) is -2.09. The summed E-state index contributed by atoms with van der Waals surface area (Å²) in [5.41, 5.74) is 0.884. The van der Waals surface area contributed by atoms with Crippen LogP contribution < -0.4 is 9.80 Å². The Labute approximate surface area is 131 Å². The number of carbonyl (C=O) groups excluding carboxylic acids is 2. The molecule has 1 fully saturated rings. The van der Waals surface area contributed by atoms with E-state index in [2.05, 4.69) is 0 Å². The number of nitrogens with zero attached hydrogens (tertiary/aromatic N) is 2. The van der Waals surface area contributed by atoms with Crippen molar-refractivity contribution in [3.63, 3.8) is 0 Å². The van der Waals surface area contributed by atoms with Gasteiger partial charge < -0.3 is 14.7 Å². The Morgan fingerprint density at radius 2 is 2.09 bits per heavy atom. The SMILES string of the molecule is CC(C)N1C(=O)Cc2cc(N3C[C@H](C(=O)O)OC3=O)cc(F)c21. The maximum Gasteiger partial charge on any atom is 0.415 e. The zero-order valence-corrected chi connectivity index (χ0v) is 12.6. The van der Waals surface area contributed by atoms with Crippen LogP contribution in [-0.2, 0) is 20.7 Å². The molecule has 0 saturated carbocycles. The fraction of sp³-hybridized carbons (Fsp3) is 0.400. The standard InChI is InChI=1S/C15H15FN2O5/c1-7(2)18-12(19)4-8-3-9(5-10(16)13(8)18)17-6-11(14(20)21)23-15(17)22/h3,5,7,11H,4,6H2,1-2H3,(H,20,21)/t11-/m1/s1. The molecule has 0 unspecified atom stereocenters. The number of carboxylic acid groups (broad SMARTS) is 1. The Morgan fingerprint density at radius 1 is 1.39 bits per heavy atom. The summed E-state index contributed by atoms with van der Waals surface area (Å²) in [5, 5.41) is 8.91. The van der Waals surface area contributed by atoms with Crippen molar-refractivity contribution in [3.8, 4) is 0 Å². The second-order valence-corrected chi connectivity index (χ2v) is 5.79. The number of ether oxygens (including phenoxy) is 1. The second kappa shape index (κ2) is 5.22. The van der Waals surface area contributed by atoms with Crippen LogP contribution in [0.15, 0.2) is 12.1 Å². The first-order chi connectivity index (χ1) is 10.8. The lowest BCUT2D eigenvalue weighted by Gasteiger charge is -2.23. The van der Waals surface area contributed by atoms with Gasteiger partial charge in [0, 0.05) is 6.04 Å². The van der Waals surface area contributed by atoms with Crippen molar-refractivity contribution in [2.24, 2.45) is 0 Å². The van der Waals surface area contributed by atoms with E-state index in [-0.39, 0.29) is 36.3 Å². The Balaban J connectivity index is 1.98. The molecule has 0 aromatic heterocycles. The summed E-state index contributed by atoms with van der Waals surface area (Å²) < 4.78 is 19.2. The zero-order valence-electron chi connectivity index (χ0n) is 12.6. The summed E-state index contributed by atoms with van der Waals surface area (Å²) in [6.45, 7) is 3.37. The number of aliphatic carboxylic acids is 1. The molecular weight excluding hydrogens is 307 g/mol. The number of hydrogen-bond acceptors (Lipinski definition) is 4. The molecule has 0 bridgehead atoms. The van der Waals surface area contributed by atoms with Gasteiger partial charge in [-0.2, -0.15) is 0 Å². The molecule has 1 aromatic rings. The zero-order chi connectivity index (χ0) is 16.9. The van der Waals surface area contributed by atoms with Crippen molar-refractivity contribution in [1.29, 1.82) is 0 Å². The van der Waals surface area contributed by atoms with Crippen LogP contribution in [0.5, 0.6) is 0 Å². The smallest absolute Gasteiger partial charge is 0.415 e. The summed E-state index contributed by atoms with van der Waals surface area (Å²) >= 11 is 0. The highest BCUT2D eigenvalue weighted by Gasteiger charge is 2.39. The van der Waals surface area contributed by atoms with Gasteiger partial charge in [0.1, 0.15) is 5.82 Å². The van der Waals surface area contributed by atoms with Crippen molar-refractivity contribution < 1.29 is 28.6 Å². The van der Waals surface area contributed by atoms with E-state index in [1.807, 2.05) is 0 Å². The molecule has 23 heavy (non-hydrogen) atoms. The minimum atomic E-state index is -1.28. The van der Waals surface area contributed by atoms with Gasteiger partial charge >= 0.3 is 12.1 Å². The molecule has 0 radical (unpaired) electrons. The highest BCUT2D eigenvalue weighted by atomic mass is 19.1. The van der Waals surface area contributed by atoms with E-state index in [1.165, 1.54) is 11.0 Å². The molecule has 2 heterocycles. The van der Waals surface area contributed by atoms with Crippen LogP contribution in [0.25, 0.3) is 0 Å². The van der Waals surface area contributed by atoms with E-state index in [0.717, 1.165) is 11.0 Å². The number of amides is 2. The number of anilines is 2. The number of fused-ring (bicyclic) bond motifs is 1. The van der Waals surface area contributed by atoms with Crippen LogP contribution in [0.1, 0.15) is 19.4 Å². The predicted molar refractivity (Wildman–Crippen MR) is 78.0 cm³/mol. The molecule has 1 atom stereocenters. The van der Waals surface area contributed by atoms with Gasteiger partial charge in [0.05, 0.1) is 24.3 Å². The largest absolute Gasteiger partial charge is 0.478 e. The van der Waals surface area contributed by atoms with Crippen LogP contribution >= 0.6 is 0 Å². The Hall–Kier alpha value is -2.64. The lowest BCUT2D eigenvalue weighted by Crippen LogP contribution is -2.34. The van der Waals surface area contributed by atoms with Crippen molar-refractivity contribution in [2.75, 3.05) is 16.3 Å². The molecule has 2 aliphatic rings. The van der Waals surface area contributed by atoms with Gasteiger partial charge in [-0.05, 0) is 31.5 Å². The lowest BCUT2D eigenvalue weighted by molar-refractivity contribution is -0.144. The third-order valence-electron chi connectivity index (χ3n) is 3.89. The summed E-state index contributed by atoms with van der Waals surface area (Å²) in [4.78, 5) is 37.2. The molecular formula is C15H15FN2O5. The molecule has 2 amide bonds. The molecule has 3 rings (SSSR count). The lowest BCUT2D eigenvalue weighted by atomic mass is 10.1. The van der Waals surface area contributed by atoms with Crippen molar-refractivity contribution in [1.82, 2.24) is 0 Å². The first kappa shape index (κ1) is 15.3. The second-order valence-electron chi connectivity index (χ2n) is 5.79. The van der Waals surface area contributed by atoms with E-state index in [4.69, 9.17) is 9.84 Å². The number of rotatable bonds is 3. The highest BCUT2D eigenvalue weighted by Crippen LogP contribution is 2.37. The number of hydrogen-bond donors (Lipinski definition) is 1. The molecule has 8 heteroatoms. The average molecular weight is 322 g/mol. The van der Waals surface area contributed by atoms with Crippen molar-refractivity contribution in [2.45, 2.75) is 32.4 Å². The van der Waals surface area contributed by atoms with Gasteiger partial charge in [0.2, 0.25) is 12.0 Å². The average Bonchev–Trinajstić information content (AvgIpc) is 2.98. The van der Waals surface area contributed by atoms with Gasteiger partial charge in [-0.3, -0.25) is 9.69 Å². The van der Waals surface area contributed by atoms with Gasteiger partial charge in [-0.1, -0.05) is 0 Å². The van der Waals surface area contributed by atoms with Crippen LogP contribution in [-0.4, -0.2) is 41.8 Å². The molecule has 1 N–H and O–H groups in total. The summed E-state index contributed by atoms with van der Waals surface area (Å²) in [5.74, 6) is -2.09. The van der Waals surface area contributed by atoms with Crippen LogP contribution in [0.4, 0.5) is 20.6 Å². The van der Waals surface area contributed by atoms with E-state index >= 15 is 0 Å². The van der Waals surface area contributed by atoms with Crippen LogP contribution in [0.3, 0.4) is 0 Å². The van der Waals surface area contributed by atoms with E-state index in [9.17, 15) is 18.8 Å². The molecule has 2 aliphatic heterocycles. The topological polar surface area (TPSA) is 87.2 Å². The fourth-order valence-corrected chi connectivity index (χ4v) is 2.92. The minimum absolute atomic E-state index is 0.0452. The van der Waals surface area contributed by atoms with Gasteiger partial charge in [-0.15, -0.1) is 0 Å². The normalized spacial score (nSPS) is 20.3. The maximum atomic E-state index is 14.5. The number of carboxylic acids is 1. The minimum Gasteiger partial charge on any atom is -0.478 e. The Morgan fingerprint density at radius 3 is 2.65 bits per heavy atom. The third-order valence-corrected chi connectivity index (χ3v) is 3.89. The number of carbonyl (C=O) groups is 3. The maximum absolute atomic E-state index is 14.5. The molecule has 1 aromatic carbocycles. The van der Waals surface area contributed by atoms with Crippen LogP contribution in [0.2, 0.25) is 0 Å². The Bertz CT molecular complexity index is 718.